The van der Waals surface area contributed by atoms with E-state index in [9.17, 15) is 4.79 Å². The van der Waals surface area contributed by atoms with Crippen LogP contribution in [0.3, 0.4) is 0 Å². The number of benzene rings is 2. The lowest BCUT2D eigenvalue weighted by molar-refractivity contribution is 0.0792. The molecule has 8 nitrogen and oxygen atoms in total. The summed E-state index contributed by atoms with van der Waals surface area (Å²) >= 11 is 0. The number of amides is 1. The third kappa shape index (κ3) is 5.29. The molecule has 3 aromatic rings. The van der Waals surface area contributed by atoms with Crippen molar-refractivity contribution in [1.29, 1.82) is 0 Å². The molecule has 5 rings (SSSR count). The maximum Gasteiger partial charge on any atom is 0.253 e. The second-order valence-electron chi connectivity index (χ2n) is 8.99. The van der Waals surface area contributed by atoms with Gasteiger partial charge in [0.15, 0.2) is 0 Å². The largest absolute Gasteiger partial charge is 0.497 e. The molecule has 34 heavy (non-hydrogen) atoms. The number of piperazine rings is 1. The molecule has 0 aliphatic carbocycles. The maximum absolute atomic E-state index is 12.5. The molecule has 2 fully saturated rings. The second kappa shape index (κ2) is 10.4. The molecule has 0 unspecified atom stereocenters. The van der Waals surface area contributed by atoms with Crippen molar-refractivity contribution in [2.75, 3.05) is 46.4 Å². The van der Waals surface area contributed by atoms with Crippen molar-refractivity contribution < 1.29 is 14.1 Å². The van der Waals surface area contributed by atoms with E-state index in [0.717, 1.165) is 75.5 Å². The van der Waals surface area contributed by atoms with Gasteiger partial charge in [0.05, 0.1) is 13.7 Å². The van der Waals surface area contributed by atoms with Crippen LogP contribution >= 0.6 is 0 Å². The normalized spacial score (nSPS) is 17.3. The molecule has 0 saturated carbocycles. The lowest BCUT2D eigenvalue weighted by Crippen LogP contribution is -2.45. The van der Waals surface area contributed by atoms with E-state index < -0.39 is 0 Å². The molecule has 0 spiro atoms. The topological polar surface area (TPSA) is 74.9 Å². The predicted octanol–water partition coefficient (Wildman–Crippen LogP) is 3.30. The summed E-state index contributed by atoms with van der Waals surface area (Å²) in [5, 5.41) is 4.13. The molecule has 3 heterocycles. The van der Waals surface area contributed by atoms with Crippen LogP contribution in [0, 0.1) is 0 Å². The third-order valence-electron chi connectivity index (χ3n) is 6.64. The number of rotatable bonds is 7. The predicted molar refractivity (Wildman–Crippen MR) is 128 cm³/mol. The summed E-state index contributed by atoms with van der Waals surface area (Å²) in [6.07, 6.45) is 2.23. The van der Waals surface area contributed by atoms with Crippen LogP contribution in [0.4, 0.5) is 0 Å². The Labute approximate surface area is 200 Å². The Hall–Kier alpha value is -3.23. The Morgan fingerprint density at radius 1 is 0.882 bits per heavy atom. The SMILES string of the molecule is COc1ccc(-c2noc(CN3CCN(Cc4ccc(C(=O)N5CCCC5)cc4)CC3)n2)cc1. The van der Waals surface area contributed by atoms with Crippen molar-refractivity contribution in [2.24, 2.45) is 0 Å². The summed E-state index contributed by atoms with van der Waals surface area (Å²) in [6.45, 7) is 7.19. The van der Waals surface area contributed by atoms with Crippen LogP contribution in [-0.4, -0.2) is 77.1 Å². The first-order valence-electron chi connectivity index (χ1n) is 12.0. The Morgan fingerprint density at radius 2 is 1.53 bits per heavy atom. The summed E-state index contributed by atoms with van der Waals surface area (Å²) in [5.74, 6) is 2.20. The first-order chi connectivity index (χ1) is 16.7. The zero-order valence-electron chi connectivity index (χ0n) is 19.7. The molecule has 0 atom stereocenters. The second-order valence-corrected chi connectivity index (χ2v) is 8.99. The Balaban J connectivity index is 1.09. The fourth-order valence-electron chi connectivity index (χ4n) is 4.59. The summed E-state index contributed by atoms with van der Waals surface area (Å²) in [7, 11) is 1.65. The van der Waals surface area contributed by atoms with Gasteiger partial charge in [-0.1, -0.05) is 17.3 Å². The van der Waals surface area contributed by atoms with Gasteiger partial charge in [-0.2, -0.15) is 4.98 Å². The van der Waals surface area contributed by atoms with Crippen LogP contribution in [0.15, 0.2) is 53.1 Å². The molecule has 2 aliphatic heterocycles. The van der Waals surface area contributed by atoms with Crippen molar-refractivity contribution in [3.63, 3.8) is 0 Å². The average Bonchev–Trinajstić information content (AvgIpc) is 3.58. The lowest BCUT2D eigenvalue weighted by atomic mass is 10.1. The third-order valence-corrected chi connectivity index (χ3v) is 6.64. The highest BCUT2D eigenvalue weighted by Crippen LogP contribution is 2.20. The summed E-state index contributed by atoms with van der Waals surface area (Å²) in [4.78, 5) is 23.8. The summed E-state index contributed by atoms with van der Waals surface area (Å²) < 4.78 is 10.7. The number of nitrogens with zero attached hydrogens (tertiary/aromatic N) is 5. The zero-order valence-corrected chi connectivity index (χ0v) is 19.7. The van der Waals surface area contributed by atoms with Gasteiger partial charge in [0, 0.05) is 56.9 Å². The van der Waals surface area contributed by atoms with E-state index in [0.29, 0.717) is 18.3 Å². The van der Waals surface area contributed by atoms with Crippen LogP contribution in [-0.2, 0) is 13.1 Å². The van der Waals surface area contributed by atoms with Crippen molar-refractivity contribution >= 4 is 5.91 Å². The molecule has 0 N–H and O–H groups in total. The maximum atomic E-state index is 12.5. The monoisotopic (exact) mass is 461 g/mol. The minimum absolute atomic E-state index is 0.161. The summed E-state index contributed by atoms with van der Waals surface area (Å²) in [5.41, 5.74) is 2.95. The van der Waals surface area contributed by atoms with E-state index in [2.05, 4.69) is 32.1 Å². The van der Waals surface area contributed by atoms with Gasteiger partial charge in [-0.3, -0.25) is 14.6 Å². The molecule has 0 bridgehead atoms. The van der Waals surface area contributed by atoms with Gasteiger partial charge in [-0.05, 0) is 54.8 Å². The molecular weight excluding hydrogens is 430 g/mol. The highest BCUT2D eigenvalue weighted by atomic mass is 16.5. The standard InChI is InChI=1S/C26H31N5O3/c1-33-23-10-8-21(9-11-23)25-27-24(34-28-25)19-30-16-14-29(15-17-30)18-20-4-6-22(7-5-20)26(32)31-12-2-3-13-31/h4-11H,2-3,12-19H2,1H3. The Kier molecular flexibility index (Phi) is 6.87. The van der Waals surface area contributed by atoms with Gasteiger partial charge in [-0.15, -0.1) is 0 Å². The number of methoxy groups -OCH3 is 1. The Morgan fingerprint density at radius 3 is 2.18 bits per heavy atom. The number of hydrogen-bond donors (Lipinski definition) is 0. The first kappa shape index (κ1) is 22.6. The van der Waals surface area contributed by atoms with E-state index in [-0.39, 0.29) is 5.91 Å². The number of hydrogen-bond acceptors (Lipinski definition) is 7. The number of carbonyl (C=O) groups is 1. The van der Waals surface area contributed by atoms with Crippen LogP contribution in [0.25, 0.3) is 11.4 Å². The minimum atomic E-state index is 0.161. The molecule has 8 heteroatoms. The van der Waals surface area contributed by atoms with Gasteiger partial charge < -0.3 is 14.2 Å². The van der Waals surface area contributed by atoms with Crippen LogP contribution in [0.2, 0.25) is 0 Å². The van der Waals surface area contributed by atoms with E-state index in [1.807, 2.05) is 41.3 Å². The number of aromatic nitrogens is 2. The van der Waals surface area contributed by atoms with Gasteiger partial charge in [0.1, 0.15) is 5.75 Å². The van der Waals surface area contributed by atoms with Gasteiger partial charge in [0.25, 0.3) is 5.91 Å². The fourth-order valence-corrected chi connectivity index (χ4v) is 4.59. The van der Waals surface area contributed by atoms with Crippen LogP contribution < -0.4 is 4.74 Å². The fraction of sp³-hybridized carbons (Fsp3) is 0.423. The molecule has 0 radical (unpaired) electrons. The quantitative estimate of drug-likeness (QED) is 0.534. The van der Waals surface area contributed by atoms with E-state index >= 15 is 0 Å². The number of carbonyl (C=O) groups excluding carboxylic acids is 1. The molecule has 178 valence electrons. The molecule has 1 amide bonds. The molecule has 2 aliphatic rings. The van der Waals surface area contributed by atoms with E-state index in [4.69, 9.17) is 9.26 Å². The highest BCUT2D eigenvalue weighted by molar-refractivity contribution is 5.94. The van der Waals surface area contributed by atoms with E-state index in [1.165, 1.54) is 5.56 Å². The molecule has 1 aromatic heterocycles. The highest BCUT2D eigenvalue weighted by Gasteiger charge is 2.21. The van der Waals surface area contributed by atoms with Crippen molar-refractivity contribution in [3.05, 3.63) is 65.5 Å². The number of ether oxygens (including phenoxy) is 1. The van der Waals surface area contributed by atoms with Crippen molar-refractivity contribution in [1.82, 2.24) is 24.8 Å². The van der Waals surface area contributed by atoms with Gasteiger partial charge >= 0.3 is 0 Å². The lowest BCUT2D eigenvalue weighted by Gasteiger charge is -2.33. The van der Waals surface area contributed by atoms with Crippen LogP contribution in [0.1, 0.15) is 34.7 Å². The van der Waals surface area contributed by atoms with Gasteiger partial charge in [-0.25, -0.2) is 0 Å². The Bertz CT molecular complexity index is 1080. The van der Waals surface area contributed by atoms with E-state index in [1.54, 1.807) is 7.11 Å². The van der Waals surface area contributed by atoms with Crippen molar-refractivity contribution in [3.8, 4) is 17.1 Å². The number of likely N-dealkylation sites (tertiary alicyclic amines) is 1. The minimum Gasteiger partial charge on any atom is -0.497 e. The molecular formula is C26H31N5O3. The van der Waals surface area contributed by atoms with Crippen molar-refractivity contribution in [2.45, 2.75) is 25.9 Å². The average molecular weight is 462 g/mol. The molecule has 2 saturated heterocycles. The smallest absolute Gasteiger partial charge is 0.253 e. The van der Waals surface area contributed by atoms with Crippen LogP contribution in [0.5, 0.6) is 5.75 Å². The molecule has 2 aromatic carbocycles. The summed E-state index contributed by atoms with van der Waals surface area (Å²) in [6, 6.07) is 15.8. The first-order valence-corrected chi connectivity index (χ1v) is 12.0. The van der Waals surface area contributed by atoms with Gasteiger partial charge in [0.2, 0.25) is 11.7 Å². The zero-order chi connectivity index (χ0) is 23.3.